The number of benzene rings is 1. The molecule has 1 aromatic carbocycles. The molecule has 28 heavy (non-hydrogen) atoms. The summed E-state index contributed by atoms with van der Waals surface area (Å²) in [6.07, 6.45) is 4.33. The summed E-state index contributed by atoms with van der Waals surface area (Å²) in [5.41, 5.74) is 2.81. The largest absolute Gasteiger partial charge is 0.494 e. The van der Waals surface area contributed by atoms with Crippen LogP contribution in [0.3, 0.4) is 0 Å². The number of aromatic nitrogens is 4. The Morgan fingerprint density at radius 1 is 1.14 bits per heavy atom. The zero-order valence-electron chi connectivity index (χ0n) is 15.4. The van der Waals surface area contributed by atoms with Crippen LogP contribution in [-0.2, 0) is 6.42 Å². The Labute approximate surface area is 161 Å². The second-order valence-electron chi connectivity index (χ2n) is 6.48. The van der Waals surface area contributed by atoms with E-state index in [0.717, 1.165) is 16.9 Å². The molecule has 0 saturated heterocycles. The fourth-order valence-corrected chi connectivity index (χ4v) is 3.25. The van der Waals surface area contributed by atoms with Crippen molar-refractivity contribution >= 4 is 5.65 Å². The molecule has 0 fully saturated rings. The lowest BCUT2D eigenvalue weighted by Crippen LogP contribution is -2.17. The smallest absolute Gasteiger partial charge is 0.258 e. The van der Waals surface area contributed by atoms with E-state index >= 15 is 0 Å². The molecule has 7 heteroatoms. The van der Waals surface area contributed by atoms with E-state index in [-0.39, 0.29) is 11.4 Å². The third kappa shape index (κ3) is 3.34. The van der Waals surface area contributed by atoms with E-state index < -0.39 is 0 Å². The zero-order chi connectivity index (χ0) is 19.5. The fourth-order valence-electron chi connectivity index (χ4n) is 3.25. The number of aryl methyl sites for hydroxylation is 1. The molecule has 4 aromatic rings. The van der Waals surface area contributed by atoms with Gasteiger partial charge in [0.15, 0.2) is 0 Å². The number of hydrogen-bond acceptors (Lipinski definition) is 5. The summed E-state index contributed by atoms with van der Waals surface area (Å²) in [4.78, 5) is 19.5. The number of nitrogens with one attached hydrogen (secondary N) is 1. The molecule has 0 aliphatic rings. The van der Waals surface area contributed by atoms with Crippen LogP contribution in [0, 0.1) is 6.92 Å². The minimum absolute atomic E-state index is 0.137. The molecule has 0 amide bonds. The Hall–Kier alpha value is -3.61. The summed E-state index contributed by atoms with van der Waals surface area (Å²) in [6.45, 7) is 2.29. The van der Waals surface area contributed by atoms with Gasteiger partial charge in [-0.2, -0.15) is 9.61 Å². The SMILES string of the molecule is Cc1nn2c(O)c(CCCOc3ccccc3)c(=O)[nH]c2c1-c1ccncc1. The van der Waals surface area contributed by atoms with E-state index in [0.29, 0.717) is 36.4 Å². The lowest BCUT2D eigenvalue weighted by atomic mass is 10.1. The average molecular weight is 376 g/mol. The summed E-state index contributed by atoms with van der Waals surface area (Å²) in [6, 6.07) is 13.2. The van der Waals surface area contributed by atoms with E-state index in [1.807, 2.05) is 49.4 Å². The van der Waals surface area contributed by atoms with Gasteiger partial charge in [-0.3, -0.25) is 9.78 Å². The summed E-state index contributed by atoms with van der Waals surface area (Å²) in [7, 11) is 0. The summed E-state index contributed by atoms with van der Waals surface area (Å²) in [5, 5.41) is 15.1. The van der Waals surface area contributed by atoms with Crippen LogP contribution in [0.25, 0.3) is 16.8 Å². The molecule has 0 spiro atoms. The Morgan fingerprint density at radius 3 is 2.64 bits per heavy atom. The molecule has 0 aliphatic heterocycles. The third-order valence-electron chi connectivity index (χ3n) is 4.59. The van der Waals surface area contributed by atoms with Gasteiger partial charge in [0.25, 0.3) is 5.56 Å². The van der Waals surface area contributed by atoms with Crippen molar-refractivity contribution in [1.82, 2.24) is 19.6 Å². The van der Waals surface area contributed by atoms with Crippen molar-refractivity contribution in [2.45, 2.75) is 19.8 Å². The van der Waals surface area contributed by atoms with Crippen molar-refractivity contribution in [3.63, 3.8) is 0 Å². The average Bonchev–Trinajstić information content (AvgIpc) is 3.04. The van der Waals surface area contributed by atoms with Gasteiger partial charge in [-0.1, -0.05) is 18.2 Å². The fraction of sp³-hybridized carbons (Fsp3) is 0.190. The molecule has 0 radical (unpaired) electrons. The highest BCUT2D eigenvalue weighted by Gasteiger charge is 2.19. The van der Waals surface area contributed by atoms with Crippen molar-refractivity contribution in [3.05, 3.63) is 76.5 Å². The zero-order valence-corrected chi connectivity index (χ0v) is 15.4. The van der Waals surface area contributed by atoms with Gasteiger partial charge in [-0.25, -0.2) is 0 Å². The van der Waals surface area contributed by atoms with E-state index in [1.165, 1.54) is 4.52 Å². The van der Waals surface area contributed by atoms with Crippen molar-refractivity contribution in [2.24, 2.45) is 0 Å². The minimum Gasteiger partial charge on any atom is -0.494 e. The Balaban J connectivity index is 1.59. The highest BCUT2D eigenvalue weighted by atomic mass is 16.5. The number of fused-ring (bicyclic) bond motifs is 1. The summed E-state index contributed by atoms with van der Waals surface area (Å²) >= 11 is 0. The van der Waals surface area contributed by atoms with Crippen LogP contribution in [-0.4, -0.2) is 31.3 Å². The lowest BCUT2D eigenvalue weighted by molar-refractivity contribution is 0.309. The van der Waals surface area contributed by atoms with E-state index in [1.54, 1.807) is 12.4 Å². The number of hydrogen-bond donors (Lipinski definition) is 2. The summed E-state index contributed by atoms with van der Waals surface area (Å²) in [5.74, 6) is 0.641. The number of rotatable bonds is 6. The van der Waals surface area contributed by atoms with Gasteiger partial charge in [-0.15, -0.1) is 0 Å². The van der Waals surface area contributed by atoms with Gasteiger partial charge in [-0.05, 0) is 49.6 Å². The van der Waals surface area contributed by atoms with Crippen molar-refractivity contribution in [3.8, 4) is 22.8 Å². The molecular weight excluding hydrogens is 356 g/mol. The van der Waals surface area contributed by atoms with Crippen LogP contribution < -0.4 is 10.3 Å². The first-order chi connectivity index (χ1) is 13.6. The van der Waals surface area contributed by atoms with Gasteiger partial charge in [0.2, 0.25) is 5.88 Å². The van der Waals surface area contributed by atoms with Gasteiger partial charge in [0.1, 0.15) is 11.4 Å². The molecule has 142 valence electrons. The Bertz CT molecular complexity index is 1150. The van der Waals surface area contributed by atoms with E-state index in [9.17, 15) is 9.90 Å². The van der Waals surface area contributed by atoms with Crippen LogP contribution in [0.4, 0.5) is 0 Å². The first-order valence-corrected chi connectivity index (χ1v) is 9.07. The van der Waals surface area contributed by atoms with Crippen LogP contribution in [0.15, 0.2) is 59.7 Å². The second kappa shape index (κ2) is 7.56. The molecule has 0 aliphatic carbocycles. The van der Waals surface area contributed by atoms with E-state index in [2.05, 4.69) is 15.1 Å². The standard InChI is InChI=1S/C21H20N4O3/c1-14-18(15-9-11-22-12-10-15)19-23-20(26)17(21(27)25(19)24-14)8-5-13-28-16-6-3-2-4-7-16/h2-4,6-7,9-12,27H,5,8,13H2,1H3,(H,23,26). The van der Waals surface area contributed by atoms with Crippen molar-refractivity contribution < 1.29 is 9.84 Å². The molecule has 0 atom stereocenters. The predicted octanol–water partition coefficient (Wildman–Crippen LogP) is 3.11. The quantitative estimate of drug-likeness (QED) is 0.505. The monoisotopic (exact) mass is 376 g/mol. The van der Waals surface area contributed by atoms with E-state index in [4.69, 9.17) is 4.74 Å². The molecule has 4 rings (SSSR count). The molecule has 7 nitrogen and oxygen atoms in total. The number of para-hydroxylation sites is 1. The number of nitrogens with zero attached hydrogens (tertiary/aromatic N) is 3. The first-order valence-electron chi connectivity index (χ1n) is 9.07. The summed E-state index contributed by atoms with van der Waals surface area (Å²) < 4.78 is 7.04. The topological polar surface area (TPSA) is 92.5 Å². The normalized spacial score (nSPS) is 11.0. The number of pyridine rings is 1. The molecule has 0 unspecified atom stereocenters. The Kier molecular flexibility index (Phi) is 4.80. The second-order valence-corrected chi connectivity index (χ2v) is 6.48. The maximum absolute atomic E-state index is 12.6. The van der Waals surface area contributed by atoms with Gasteiger partial charge in [0, 0.05) is 18.0 Å². The molecule has 0 bridgehead atoms. The van der Waals surface area contributed by atoms with Crippen LogP contribution in [0.2, 0.25) is 0 Å². The van der Waals surface area contributed by atoms with Crippen LogP contribution in [0.1, 0.15) is 17.7 Å². The van der Waals surface area contributed by atoms with Gasteiger partial charge >= 0.3 is 0 Å². The number of ether oxygens (including phenoxy) is 1. The van der Waals surface area contributed by atoms with Gasteiger partial charge in [0.05, 0.1) is 17.9 Å². The first kappa shape index (κ1) is 17.8. The minimum atomic E-state index is -0.320. The lowest BCUT2D eigenvalue weighted by Gasteiger charge is -2.08. The number of H-pyrrole nitrogens is 1. The molecule has 3 heterocycles. The predicted molar refractivity (Wildman–Crippen MR) is 106 cm³/mol. The Morgan fingerprint density at radius 2 is 1.89 bits per heavy atom. The highest BCUT2D eigenvalue weighted by molar-refractivity contribution is 5.79. The van der Waals surface area contributed by atoms with Gasteiger partial charge < -0.3 is 14.8 Å². The third-order valence-corrected chi connectivity index (χ3v) is 4.59. The number of aromatic amines is 1. The maximum Gasteiger partial charge on any atom is 0.258 e. The van der Waals surface area contributed by atoms with Crippen LogP contribution in [0.5, 0.6) is 11.6 Å². The van der Waals surface area contributed by atoms with Crippen LogP contribution >= 0.6 is 0 Å². The molecule has 2 N–H and O–H groups in total. The molecule has 3 aromatic heterocycles. The maximum atomic E-state index is 12.6. The molecular formula is C21H20N4O3. The number of aromatic hydroxyl groups is 1. The van der Waals surface area contributed by atoms with Crippen molar-refractivity contribution in [2.75, 3.05) is 6.61 Å². The highest BCUT2D eigenvalue weighted by Crippen LogP contribution is 2.28. The van der Waals surface area contributed by atoms with Crippen molar-refractivity contribution in [1.29, 1.82) is 0 Å². The molecule has 0 saturated carbocycles.